The highest BCUT2D eigenvalue weighted by molar-refractivity contribution is 9.10. The molecule has 0 aliphatic heterocycles. The third-order valence-corrected chi connectivity index (χ3v) is 3.09. The van der Waals surface area contributed by atoms with Crippen molar-refractivity contribution in [3.63, 3.8) is 0 Å². The summed E-state index contributed by atoms with van der Waals surface area (Å²) < 4.78 is 0.957. The maximum Gasteiger partial charge on any atom is 0.141 e. The van der Waals surface area contributed by atoms with Crippen LogP contribution in [0.4, 0.5) is 0 Å². The van der Waals surface area contributed by atoms with E-state index in [9.17, 15) is 5.11 Å². The Morgan fingerprint density at radius 3 is 2.60 bits per heavy atom. The number of hydrogen-bond donors (Lipinski definition) is 1. The number of phenolic OH excluding ortho intramolecular Hbond substituents is 1. The van der Waals surface area contributed by atoms with Crippen LogP contribution in [0.15, 0.2) is 28.7 Å². The van der Waals surface area contributed by atoms with E-state index in [2.05, 4.69) is 34.8 Å². The minimum Gasteiger partial charge on any atom is -0.506 e. The van der Waals surface area contributed by atoms with Gasteiger partial charge in [0.1, 0.15) is 11.3 Å². The Labute approximate surface area is 97.1 Å². The fourth-order valence-electron chi connectivity index (χ4n) is 1.50. The van der Waals surface area contributed by atoms with Gasteiger partial charge >= 0.3 is 0 Å². The Balaban J connectivity index is 2.76. The minimum atomic E-state index is 0.232. The summed E-state index contributed by atoms with van der Waals surface area (Å²) >= 11 is 3.44. The van der Waals surface area contributed by atoms with Crippen LogP contribution in [0.2, 0.25) is 0 Å². The fourth-order valence-corrected chi connectivity index (χ4v) is 1.96. The molecule has 1 aromatic heterocycles. The number of phenols is 1. The van der Waals surface area contributed by atoms with Gasteiger partial charge in [0, 0.05) is 15.6 Å². The van der Waals surface area contributed by atoms with Crippen molar-refractivity contribution in [3.05, 3.63) is 34.4 Å². The monoisotopic (exact) mass is 265 g/mol. The zero-order valence-corrected chi connectivity index (χ0v) is 10.2. The van der Waals surface area contributed by atoms with Gasteiger partial charge in [0.25, 0.3) is 0 Å². The summed E-state index contributed by atoms with van der Waals surface area (Å²) in [7, 11) is 0. The number of halogens is 1. The van der Waals surface area contributed by atoms with Crippen LogP contribution in [0.3, 0.4) is 0 Å². The van der Waals surface area contributed by atoms with Crippen molar-refractivity contribution in [2.45, 2.75) is 19.8 Å². The van der Waals surface area contributed by atoms with Crippen molar-refractivity contribution in [1.82, 2.24) is 4.98 Å². The molecule has 0 bridgehead atoms. The summed E-state index contributed by atoms with van der Waals surface area (Å²) in [6.45, 7) is 4.17. The Bertz CT molecular complexity index is 508. The van der Waals surface area contributed by atoms with Crippen LogP contribution in [0.5, 0.6) is 5.75 Å². The van der Waals surface area contributed by atoms with Gasteiger partial charge in [-0.1, -0.05) is 29.8 Å². The van der Waals surface area contributed by atoms with Crippen molar-refractivity contribution in [2.24, 2.45) is 0 Å². The Morgan fingerprint density at radius 1 is 1.20 bits per heavy atom. The molecule has 0 spiro atoms. The van der Waals surface area contributed by atoms with Gasteiger partial charge in [0.05, 0.1) is 0 Å². The molecule has 0 saturated carbocycles. The number of pyridine rings is 1. The number of hydrogen-bond acceptors (Lipinski definition) is 2. The lowest BCUT2D eigenvalue weighted by molar-refractivity contribution is 0.480. The summed E-state index contributed by atoms with van der Waals surface area (Å²) in [4.78, 5) is 4.46. The zero-order chi connectivity index (χ0) is 11.0. The number of rotatable bonds is 1. The standard InChI is InChI=1S/C12H12BrNO/c1-7(2)10-5-3-8-9(13)4-6-11(15)12(8)14-10/h3-7,15H,1-2H3. The molecule has 2 rings (SSSR count). The quantitative estimate of drug-likeness (QED) is 0.851. The van der Waals surface area contributed by atoms with Crippen molar-refractivity contribution < 1.29 is 5.11 Å². The molecule has 2 aromatic rings. The molecule has 1 aromatic carbocycles. The smallest absolute Gasteiger partial charge is 0.141 e. The molecule has 0 radical (unpaired) electrons. The summed E-state index contributed by atoms with van der Waals surface area (Å²) in [6, 6.07) is 7.47. The van der Waals surface area contributed by atoms with E-state index >= 15 is 0 Å². The lowest BCUT2D eigenvalue weighted by atomic mass is 10.1. The van der Waals surface area contributed by atoms with Gasteiger partial charge in [-0.05, 0) is 30.2 Å². The van der Waals surface area contributed by atoms with E-state index in [4.69, 9.17) is 0 Å². The van der Waals surface area contributed by atoms with E-state index in [0.29, 0.717) is 11.4 Å². The summed E-state index contributed by atoms with van der Waals surface area (Å²) in [5.74, 6) is 0.600. The van der Waals surface area contributed by atoms with E-state index in [1.807, 2.05) is 18.2 Å². The van der Waals surface area contributed by atoms with Crippen LogP contribution in [-0.4, -0.2) is 10.1 Å². The molecule has 15 heavy (non-hydrogen) atoms. The first-order valence-electron chi connectivity index (χ1n) is 4.87. The molecule has 0 atom stereocenters. The molecule has 0 unspecified atom stereocenters. The van der Waals surface area contributed by atoms with E-state index < -0.39 is 0 Å². The minimum absolute atomic E-state index is 0.232. The molecule has 0 aliphatic rings. The van der Waals surface area contributed by atoms with Gasteiger partial charge in [-0.15, -0.1) is 0 Å². The molecular weight excluding hydrogens is 254 g/mol. The second-order valence-corrected chi connectivity index (χ2v) is 4.71. The van der Waals surface area contributed by atoms with Crippen molar-refractivity contribution in [2.75, 3.05) is 0 Å². The maximum atomic E-state index is 9.72. The summed E-state index contributed by atoms with van der Waals surface area (Å²) in [5, 5.41) is 10.7. The highest BCUT2D eigenvalue weighted by Gasteiger charge is 2.07. The normalized spacial score (nSPS) is 11.2. The second kappa shape index (κ2) is 3.81. The van der Waals surface area contributed by atoms with Crippen molar-refractivity contribution in [1.29, 1.82) is 0 Å². The molecule has 0 aliphatic carbocycles. The van der Waals surface area contributed by atoms with Gasteiger partial charge in [-0.2, -0.15) is 0 Å². The number of fused-ring (bicyclic) bond motifs is 1. The molecule has 1 heterocycles. The fraction of sp³-hybridized carbons (Fsp3) is 0.250. The van der Waals surface area contributed by atoms with Crippen LogP contribution in [0.1, 0.15) is 25.5 Å². The molecule has 2 nitrogen and oxygen atoms in total. The zero-order valence-electron chi connectivity index (χ0n) is 8.66. The first-order chi connectivity index (χ1) is 7.09. The Morgan fingerprint density at radius 2 is 1.93 bits per heavy atom. The molecule has 78 valence electrons. The topological polar surface area (TPSA) is 33.1 Å². The van der Waals surface area contributed by atoms with Gasteiger partial charge in [-0.25, -0.2) is 4.98 Å². The molecule has 0 amide bonds. The van der Waals surface area contributed by atoms with E-state index in [0.717, 1.165) is 15.6 Å². The Kier molecular flexibility index (Phi) is 2.65. The number of benzene rings is 1. The predicted octanol–water partition coefficient (Wildman–Crippen LogP) is 3.83. The van der Waals surface area contributed by atoms with E-state index in [-0.39, 0.29) is 5.75 Å². The largest absolute Gasteiger partial charge is 0.506 e. The van der Waals surface area contributed by atoms with Gasteiger partial charge in [0.2, 0.25) is 0 Å². The predicted molar refractivity (Wildman–Crippen MR) is 65.2 cm³/mol. The highest BCUT2D eigenvalue weighted by atomic mass is 79.9. The number of nitrogens with zero attached hydrogens (tertiary/aromatic N) is 1. The third kappa shape index (κ3) is 1.84. The highest BCUT2D eigenvalue weighted by Crippen LogP contribution is 2.30. The third-order valence-electron chi connectivity index (χ3n) is 2.40. The van der Waals surface area contributed by atoms with Gasteiger partial charge in [-0.3, -0.25) is 0 Å². The van der Waals surface area contributed by atoms with Crippen LogP contribution >= 0.6 is 15.9 Å². The molecule has 0 fully saturated rings. The van der Waals surface area contributed by atoms with Crippen molar-refractivity contribution >= 4 is 26.8 Å². The average molecular weight is 266 g/mol. The SMILES string of the molecule is CC(C)c1ccc2c(Br)ccc(O)c2n1. The van der Waals surface area contributed by atoms with Gasteiger partial charge < -0.3 is 5.11 Å². The number of aromatic hydroxyl groups is 1. The van der Waals surface area contributed by atoms with Gasteiger partial charge in [0.15, 0.2) is 0 Å². The summed E-state index contributed by atoms with van der Waals surface area (Å²) in [6.07, 6.45) is 0. The lowest BCUT2D eigenvalue weighted by Crippen LogP contribution is -1.92. The molecular formula is C12H12BrNO. The van der Waals surface area contributed by atoms with Crippen LogP contribution in [0, 0.1) is 0 Å². The van der Waals surface area contributed by atoms with Crippen molar-refractivity contribution in [3.8, 4) is 5.75 Å². The van der Waals surface area contributed by atoms with Crippen LogP contribution < -0.4 is 0 Å². The first-order valence-corrected chi connectivity index (χ1v) is 5.67. The average Bonchev–Trinajstić information content (AvgIpc) is 2.23. The maximum absolute atomic E-state index is 9.72. The van der Waals surface area contributed by atoms with Crippen LogP contribution in [0.25, 0.3) is 10.9 Å². The Hall–Kier alpha value is -1.09. The molecule has 0 saturated heterocycles. The summed E-state index contributed by atoms with van der Waals surface area (Å²) in [5.41, 5.74) is 1.66. The number of aromatic nitrogens is 1. The van der Waals surface area contributed by atoms with E-state index in [1.165, 1.54) is 0 Å². The molecule has 3 heteroatoms. The first kappa shape index (κ1) is 10.4. The van der Waals surface area contributed by atoms with Crippen LogP contribution in [-0.2, 0) is 0 Å². The second-order valence-electron chi connectivity index (χ2n) is 3.85. The van der Waals surface area contributed by atoms with E-state index in [1.54, 1.807) is 6.07 Å². The lowest BCUT2D eigenvalue weighted by Gasteiger charge is -2.07. The molecule has 1 N–H and O–H groups in total.